The molecule has 0 saturated carbocycles. The van der Waals surface area contributed by atoms with Crippen molar-refractivity contribution in [1.29, 1.82) is 0 Å². The Morgan fingerprint density at radius 1 is 0.955 bits per heavy atom. The van der Waals surface area contributed by atoms with E-state index in [2.05, 4.69) is 30.9 Å². The van der Waals surface area contributed by atoms with E-state index in [4.69, 9.17) is 15.2 Å². The summed E-state index contributed by atoms with van der Waals surface area (Å²) in [4.78, 5) is 2.46. The minimum Gasteiger partial charge on any atom is -0.490 e. The molecular weight excluding hydrogens is 276 g/mol. The van der Waals surface area contributed by atoms with Gasteiger partial charge in [-0.25, -0.2) is 0 Å². The van der Waals surface area contributed by atoms with Crippen molar-refractivity contribution in [3.8, 4) is 11.5 Å². The Hall–Kier alpha value is -1.26. The maximum atomic E-state index is 6.07. The lowest BCUT2D eigenvalue weighted by Crippen LogP contribution is -2.35. The molecule has 1 rings (SSSR count). The van der Waals surface area contributed by atoms with Gasteiger partial charge in [0.2, 0.25) is 0 Å². The Labute approximate surface area is 135 Å². The summed E-state index contributed by atoms with van der Waals surface area (Å²) in [6, 6.07) is 6.44. The van der Waals surface area contributed by atoms with Gasteiger partial charge in [0, 0.05) is 12.6 Å². The maximum Gasteiger partial charge on any atom is 0.161 e. The van der Waals surface area contributed by atoms with E-state index in [9.17, 15) is 0 Å². The van der Waals surface area contributed by atoms with Gasteiger partial charge in [0.05, 0.1) is 13.2 Å². The van der Waals surface area contributed by atoms with E-state index in [0.717, 1.165) is 37.4 Å². The molecular formula is C18H32N2O2. The highest BCUT2D eigenvalue weighted by Gasteiger charge is 2.19. The van der Waals surface area contributed by atoms with Gasteiger partial charge in [-0.2, -0.15) is 0 Å². The van der Waals surface area contributed by atoms with Gasteiger partial charge in [0.15, 0.2) is 11.5 Å². The SMILES string of the molecule is CCCN(CCC)C(CN)c1ccc(OCC)c(OCC)c1. The molecule has 0 aromatic heterocycles. The Bertz CT molecular complexity index is 418. The van der Waals surface area contributed by atoms with Crippen LogP contribution >= 0.6 is 0 Å². The summed E-state index contributed by atoms with van der Waals surface area (Å²) in [5.41, 5.74) is 7.28. The van der Waals surface area contributed by atoms with Gasteiger partial charge in [-0.15, -0.1) is 0 Å². The molecule has 0 heterocycles. The number of rotatable bonds is 11. The molecule has 0 radical (unpaired) electrons. The first-order chi connectivity index (χ1) is 10.7. The third-order valence-corrected chi connectivity index (χ3v) is 3.64. The quantitative estimate of drug-likeness (QED) is 0.678. The monoisotopic (exact) mass is 308 g/mol. The van der Waals surface area contributed by atoms with Crippen molar-refractivity contribution in [3.63, 3.8) is 0 Å². The molecule has 0 spiro atoms. The van der Waals surface area contributed by atoms with E-state index >= 15 is 0 Å². The average Bonchev–Trinajstić information content (AvgIpc) is 2.51. The maximum absolute atomic E-state index is 6.07. The largest absolute Gasteiger partial charge is 0.490 e. The van der Waals surface area contributed by atoms with E-state index in [1.807, 2.05) is 19.9 Å². The van der Waals surface area contributed by atoms with Gasteiger partial charge in [0.25, 0.3) is 0 Å². The molecule has 4 nitrogen and oxygen atoms in total. The van der Waals surface area contributed by atoms with Crippen LogP contribution in [0.4, 0.5) is 0 Å². The smallest absolute Gasteiger partial charge is 0.161 e. The van der Waals surface area contributed by atoms with E-state index in [1.165, 1.54) is 5.56 Å². The lowest BCUT2D eigenvalue weighted by molar-refractivity contribution is 0.201. The van der Waals surface area contributed by atoms with E-state index in [1.54, 1.807) is 0 Å². The Kier molecular flexibility index (Phi) is 8.94. The van der Waals surface area contributed by atoms with Crippen LogP contribution in [0.3, 0.4) is 0 Å². The van der Waals surface area contributed by atoms with Crippen LogP contribution in [0.5, 0.6) is 11.5 Å². The fraction of sp³-hybridized carbons (Fsp3) is 0.667. The van der Waals surface area contributed by atoms with E-state index < -0.39 is 0 Å². The van der Waals surface area contributed by atoms with Gasteiger partial charge in [0.1, 0.15) is 0 Å². The van der Waals surface area contributed by atoms with Crippen LogP contribution in [-0.2, 0) is 0 Å². The molecule has 1 atom stereocenters. The van der Waals surface area contributed by atoms with Gasteiger partial charge >= 0.3 is 0 Å². The molecule has 1 aromatic carbocycles. The second-order valence-corrected chi connectivity index (χ2v) is 5.36. The topological polar surface area (TPSA) is 47.7 Å². The van der Waals surface area contributed by atoms with Crippen LogP contribution in [0.2, 0.25) is 0 Å². The van der Waals surface area contributed by atoms with Crippen LogP contribution in [0, 0.1) is 0 Å². The van der Waals surface area contributed by atoms with Crippen LogP contribution in [-0.4, -0.2) is 37.7 Å². The number of hydrogen-bond donors (Lipinski definition) is 1. The average molecular weight is 308 g/mol. The lowest BCUT2D eigenvalue weighted by atomic mass is 10.0. The molecule has 1 unspecified atom stereocenters. The predicted molar refractivity (Wildman–Crippen MR) is 92.7 cm³/mol. The summed E-state index contributed by atoms with van der Waals surface area (Å²) >= 11 is 0. The predicted octanol–water partition coefficient (Wildman–Crippen LogP) is 3.61. The molecule has 0 fully saturated rings. The summed E-state index contributed by atoms with van der Waals surface area (Å²) in [6.45, 7) is 12.4. The third kappa shape index (κ3) is 5.18. The second-order valence-electron chi connectivity index (χ2n) is 5.36. The van der Waals surface area contributed by atoms with Crippen molar-refractivity contribution in [2.75, 3.05) is 32.8 Å². The van der Waals surface area contributed by atoms with Gasteiger partial charge in [-0.3, -0.25) is 4.90 Å². The highest BCUT2D eigenvalue weighted by atomic mass is 16.5. The first kappa shape index (κ1) is 18.8. The van der Waals surface area contributed by atoms with Crippen molar-refractivity contribution in [3.05, 3.63) is 23.8 Å². The summed E-state index contributed by atoms with van der Waals surface area (Å²) < 4.78 is 11.4. The standard InChI is InChI=1S/C18H32N2O2/c1-5-11-20(12-6-2)16(14-19)15-9-10-17(21-7-3)18(13-15)22-8-4/h9-10,13,16H,5-8,11-12,14,19H2,1-4H3. The van der Waals surface area contributed by atoms with Crippen LogP contribution in [0.1, 0.15) is 52.1 Å². The van der Waals surface area contributed by atoms with E-state index in [0.29, 0.717) is 19.8 Å². The molecule has 126 valence electrons. The molecule has 0 bridgehead atoms. The van der Waals surface area contributed by atoms with Crippen LogP contribution in [0.15, 0.2) is 18.2 Å². The number of benzene rings is 1. The molecule has 22 heavy (non-hydrogen) atoms. The first-order valence-electron chi connectivity index (χ1n) is 8.55. The summed E-state index contributed by atoms with van der Waals surface area (Å²) in [5.74, 6) is 1.62. The van der Waals surface area contributed by atoms with Crippen molar-refractivity contribution >= 4 is 0 Å². The highest BCUT2D eigenvalue weighted by Crippen LogP contribution is 2.32. The number of nitrogens with two attached hydrogens (primary N) is 1. The zero-order valence-corrected chi connectivity index (χ0v) is 14.6. The van der Waals surface area contributed by atoms with Crippen molar-refractivity contribution in [1.82, 2.24) is 4.90 Å². The number of hydrogen-bond acceptors (Lipinski definition) is 4. The zero-order valence-electron chi connectivity index (χ0n) is 14.6. The van der Waals surface area contributed by atoms with Crippen LogP contribution < -0.4 is 15.2 Å². The Morgan fingerprint density at radius 2 is 1.55 bits per heavy atom. The minimum absolute atomic E-state index is 0.231. The molecule has 1 aromatic rings. The van der Waals surface area contributed by atoms with Gasteiger partial charge < -0.3 is 15.2 Å². The fourth-order valence-electron chi connectivity index (χ4n) is 2.77. The first-order valence-corrected chi connectivity index (χ1v) is 8.55. The Balaban J connectivity index is 3.06. The van der Waals surface area contributed by atoms with Gasteiger partial charge in [-0.1, -0.05) is 19.9 Å². The van der Waals surface area contributed by atoms with Crippen molar-refractivity contribution in [2.24, 2.45) is 5.73 Å². The molecule has 0 saturated heterocycles. The summed E-state index contributed by atoms with van der Waals surface area (Å²) in [7, 11) is 0. The number of ether oxygens (including phenoxy) is 2. The highest BCUT2D eigenvalue weighted by molar-refractivity contribution is 5.44. The third-order valence-electron chi connectivity index (χ3n) is 3.64. The Morgan fingerprint density at radius 3 is 2.05 bits per heavy atom. The lowest BCUT2D eigenvalue weighted by Gasteiger charge is -2.31. The van der Waals surface area contributed by atoms with Gasteiger partial charge in [-0.05, 0) is 57.5 Å². The second kappa shape index (κ2) is 10.5. The molecule has 2 N–H and O–H groups in total. The van der Waals surface area contributed by atoms with E-state index in [-0.39, 0.29) is 6.04 Å². The molecule has 0 aliphatic rings. The summed E-state index contributed by atoms with van der Waals surface area (Å²) in [6.07, 6.45) is 2.26. The molecule has 0 amide bonds. The molecule has 0 aliphatic heterocycles. The number of nitrogens with zero attached hydrogens (tertiary/aromatic N) is 1. The van der Waals surface area contributed by atoms with Crippen LogP contribution in [0.25, 0.3) is 0 Å². The van der Waals surface area contributed by atoms with Crippen molar-refractivity contribution < 1.29 is 9.47 Å². The molecule has 4 heteroatoms. The zero-order chi connectivity index (χ0) is 16.4. The molecule has 0 aliphatic carbocycles. The minimum atomic E-state index is 0.231. The fourth-order valence-corrected chi connectivity index (χ4v) is 2.77. The van der Waals surface area contributed by atoms with Crippen molar-refractivity contribution in [2.45, 2.75) is 46.6 Å². The summed E-state index contributed by atoms with van der Waals surface area (Å²) in [5, 5.41) is 0. The normalized spacial score (nSPS) is 12.5.